The molecule has 0 saturated carbocycles. The molecule has 1 aromatic carbocycles. The minimum atomic E-state index is 0.173. The first kappa shape index (κ1) is 15.3. The Bertz CT molecular complexity index is 421. The second-order valence-electron chi connectivity index (χ2n) is 4.57. The lowest BCUT2D eigenvalue weighted by Gasteiger charge is -2.22. The third-order valence-electron chi connectivity index (χ3n) is 3.16. The Kier molecular flexibility index (Phi) is 6.15. The molecule has 0 fully saturated rings. The summed E-state index contributed by atoms with van der Waals surface area (Å²) in [4.78, 5) is 0. The molecule has 0 radical (unpaired) electrons. The third-order valence-corrected chi connectivity index (χ3v) is 3.16. The Hall–Kier alpha value is -1.75. The number of hydrogen-bond donors (Lipinski definition) is 3. The number of rotatable bonds is 7. The Morgan fingerprint density at radius 3 is 2.84 bits per heavy atom. The molecule has 5 nitrogen and oxygen atoms in total. The molecule has 0 aliphatic carbocycles. The van der Waals surface area contributed by atoms with Gasteiger partial charge in [0.1, 0.15) is 11.6 Å². The summed E-state index contributed by atoms with van der Waals surface area (Å²) in [6, 6.07) is 8.30. The van der Waals surface area contributed by atoms with Crippen LogP contribution in [0.3, 0.4) is 0 Å². The topological polar surface area (TPSA) is 79.9 Å². The normalized spacial score (nSPS) is 15.0. The fraction of sp³-hybridized carbons (Fsp3) is 0.500. The molecular formula is C14H23N3O2. The summed E-state index contributed by atoms with van der Waals surface area (Å²) < 4.78 is 5.22. The van der Waals surface area contributed by atoms with E-state index >= 15 is 0 Å². The minimum absolute atomic E-state index is 0.173. The van der Waals surface area contributed by atoms with Crippen molar-refractivity contribution in [3.8, 4) is 5.75 Å². The van der Waals surface area contributed by atoms with Gasteiger partial charge in [-0.1, -0.05) is 24.2 Å². The van der Waals surface area contributed by atoms with Crippen LogP contribution in [0.4, 0.5) is 0 Å². The van der Waals surface area contributed by atoms with Gasteiger partial charge in [0, 0.05) is 18.5 Å². The first-order valence-corrected chi connectivity index (χ1v) is 6.47. The van der Waals surface area contributed by atoms with Gasteiger partial charge < -0.3 is 21.0 Å². The molecular weight excluding hydrogens is 242 g/mol. The third kappa shape index (κ3) is 4.79. The molecule has 106 valence electrons. The number of hydrogen-bond acceptors (Lipinski definition) is 4. The molecule has 4 N–H and O–H groups in total. The van der Waals surface area contributed by atoms with Gasteiger partial charge in [0.2, 0.25) is 0 Å². The zero-order valence-corrected chi connectivity index (χ0v) is 11.8. The van der Waals surface area contributed by atoms with Crippen LogP contribution in [0.25, 0.3) is 0 Å². The zero-order chi connectivity index (χ0) is 14.3. The lowest BCUT2D eigenvalue weighted by atomic mass is 10.0. The number of methoxy groups -OCH3 is 1. The Morgan fingerprint density at radius 2 is 2.26 bits per heavy atom. The quantitative estimate of drug-likeness (QED) is 0.306. The number of nitrogens with one attached hydrogen (secondary N) is 1. The predicted molar refractivity (Wildman–Crippen MR) is 76.6 cm³/mol. The number of oxime groups is 1. The van der Waals surface area contributed by atoms with Gasteiger partial charge in [0.15, 0.2) is 0 Å². The molecule has 1 aromatic rings. The zero-order valence-electron chi connectivity index (χ0n) is 11.8. The Morgan fingerprint density at radius 1 is 1.53 bits per heavy atom. The number of nitrogens with zero attached hydrogens (tertiary/aromatic N) is 1. The van der Waals surface area contributed by atoms with Crippen LogP contribution in [0, 0.1) is 0 Å². The number of amidine groups is 1. The smallest absolute Gasteiger partial charge is 0.140 e. The molecule has 19 heavy (non-hydrogen) atoms. The maximum absolute atomic E-state index is 8.62. The van der Waals surface area contributed by atoms with Crippen molar-refractivity contribution in [1.29, 1.82) is 0 Å². The second kappa shape index (κ2) is 7.63. The molecule has 0 amide bonds. The summed E-state index contributed by atoms with van der Waals surface area (Å²) in [7, 11) is 1.66. The second-order valence-corrected chi connectivity index (χ2v) is 4.57. The van der Waals surface area contributed by atoms with Crippen LogP contribution in [-0.2, 0) is 0 Å². The van der Waals surface area contributed by atoms with Crippen molar-refractivity contribution in [2.75, 3.05) is 7.11 Å². The minimum Gasteiger partial charge on any atom is -0.497 e. The van der Waals surface area contributed by atoms with Crippen molar-refractivity contribution < 1.29 is 9.94 Å². The van der Waals surface area contributed by atoms with Gasteiger partial charge in [-0.25, -0.2) is 0 Å². The standard InChI is InChI=1S/C14H23N3O2/c1-4-12(9-14(15)17-18)16-10(2)11-6-5-7-13(8-11)19-3/h5-8,10,12,16,18H,4,9H2,1-3H3,(H2,15,17)/t10-,12?/m0/s1. The Labute approximate surface area is 114 Å². The van der Waals surface area contributed by atoms with E-state index in [-0.39, 0.29) is 17.9 Å². The van der Waals surface area contributed by atoms with Crippen LogP contribution >= 0.6 is 0 Å². The molecule has 1 unspecified atom stereocenters. The lowest BCUT2D eigenvalue weighted by Crippen LogP contribution is -2.34. The molecule has 0 heterocycles. The number of nitrogens with two attached hydrogens (primary N) is 1. The van der Waals surface area contributed by atoms with Crippen LogP contribution in [0.15, 0.2) is 29.4 Å². The first-order valence-electron chi connectivity index (χ1n) is 6.47. The van der Waals surface area contributed by atoms with E-state index in [2.05, 4.69) is 30.4 Å². The van der Waals surface area contributed by atoms with Gasteiger partial charge in [-0.05, 0) is 31.0 Å². The van der Waals surface area contributed by atoms with Gasteiger partial charge in [-0.2, -0.15) is 0 Å². The Balaban J connectivity index is 2.68. The van der Waals surface area contributed by atoms with Crippen molar-refractivity contribution in [2.24, 2.45) is 10.9 Å². The number of benzene rings is 1. The highest BCUT2D eigenvalue weighted by Gasteiger charge is 2.13. The largest absolute Gasteiger partial charge is 0.497 e. The van der Waals surface area contributed by atoms with Gasteiger partial charge in [0.05, 0.1) is 7.11 Å². The van der Waals surface area contributed by atoms with Gasteiger partial charge in [-0.3, -0.25) is 0 Å². The highest BCUT2D eigenvalue weighted by molar-refractivity contribution is 5.80. The molecule has 5 heteroatoms. The molecule has 0 bridgehead atoms. The van der Waals surface area contributed by atoms with Crippen molar-refractivity contribution in [3.63, 3.8) is 0 Å². The summed E-state index contributed by atoms with van der Waals surface area (Å²) in [5, 5.41) is 15.1. The SMILES string of the molecule is CCC(C/C(N)=N/O)N[C@@H](C)c1cccc(OC)c1. The van der Waals surface area contributed by atoms with Gasteiger partial charge in [0.25, 0.3) is 0 Å². The van der Waals surface area contributed by atoms with E-state index in [4.69, 9.17) is 15.7 Å². The van der Waals surface area contributed by atoms with Crippen molar-refractivity contribution in [1.82, 2.24) is 5.32 Å². The molecule has 0 aromatic heterocycles. The number of ether oxygens (including phenoxy) is 1. The summed E-state index contributed by atoms with van der Waals surface area (Å²) in [6.45, 7) is 4.16. The van der Waals surface area contributed by atoms with E-state index in [1.165, 1.54) is 0 Å². The predicted octanol–water partition coefficient (Wildman–Crippen LogP) is 2.26. The maximum Gasteiger partial charge on any atom is 0.140 e. The molecule has 0 saturated heterocycles. The van der Waals surface area contributed by atoms with Crippen molar-refractivity contribution >= 4 is 5.84 Å². The van der Waals surface area contributed by atoms with Crippen LogP contribution in [0.1, 0.15) is 38.3 Å². The molecule has 0 spiro atoms. The maximum atomic E-state index is 8.62. The summed E-state index contributed by atoms with van der Waals surface area (Å²) in [5.41, 5.74) is 6.70. The molecule has 1 rings (SSSR count). The van der Waals surface area contributed by atoms with Crippen molar-refractivity contribution in [3.05, 3.63) is 29.8 Å². The average molecular weight is 265 g/mol. The van der Waals surface area contributed by atoms with Crippen LogP contribution in [0.2, 0.25) is 0 Å². The fourth-order valence-electron chi connectivity index (χ4n) is 1.98. The average Bonchev–Trinajstić information content (AvgIpc) is 2.46. The summed E-state index contributed by atoms with van der Waals surface area (Å²) >= 11 is 0. The van der Waals surface area contributed by atoms with Crippen LogP contribution in [0.5, 0.6) is 5.75 Å². The van der Waals surface area contributed by atoms with E-state index < -0.39 is 0 Å². The lowest BCUT2D eigenvalue weighted by molar-refractivity contribution is 0.314. The molecule has 0 aliphatic heterocycles. The van der Waals surface area contributed by atoms with E-state index in [0.29, 0.717) is 6.42 Å². The van der Waals surface area contributed by atoms with Gasteiger partial charge in [-0.15, -0.1) is 0 Å². The van der Waals surface area contributed by atoms with E-state index in [0.717, 1.165) is 17.7 Å². The van der Waals surface area contributed by atoms with E-state index in [1.54, 1.807) is 7.11 Å². The van der Waals surface area contributed by atoms with Crippen LogP contribution in [-0.4, -0.2) is 24.2 Å². The summed E-state index contributed by atoms with van der Waals surface area (Å²) in [6.07, 6.45) is 1.44. The molecule has 2 atom stereocenters. The summed E-state index contributed by atoms with van der Waals surface area (Å²) in [5.74, 6) is 1.09. The highest BCUT2D eigenvalue weighted by Crippen LogP contribution is 2.19. The highest BCUT2D eigenvalue weighted by atomic mass is 16.5. The van der Waals surface area contributed by atoms with E-state index in [9.17, 15) is 0 Å². The van der Waals surface area contributed by atoms with E-state index in [1.807, 2.05) is 18.2 Å². The fourth-order valence-corrected chi connectivity index (χ4v) is 1.98. The first-order chi connectivity index (χ1) is 9.10. The van der Waals surface area contributed by atoms with Gasteiger partial charge >= 0.3 is 0 Å². The van der Waals surface area contributed by atoms with Crippen LogP contribution < -0.4 is 15.8 Å². The monoisotopic (exact) mass is 265 g/mol. The van der Waals surface area contributed by atoms with Crippen molar-refractivity contribution in [2.45, 2.75) is 38.8 Å². The molecule has 0 aliphatic rings.